The van der Waals surface area contributed by atoms with E-state index < -0.39 is 5.97 Å². The van der Waals surface area contributed by atoms with Gasteiger partial charge in [-0.2, -0.15) is 0 Å². The normalized spacial score (nSPS) is 24.0. The zero-order chi connectivity index (χ0) is 23.9. The van der Waals surface area contributed by atoms with Gasteiger partial charge in [0.25, 0.3) is 5.91 Å². The van der Waals surface area contributed by atoms with Crippen LogP contribution in [0.3, 0.4) is 0 Å². The highest BCUT2D eigenvalue weighted by Gasteiger charge is 2.43. The first-order valence-corrected chi connectivity index (χ1v) is 12.6. The molecule has 0 spiro atoms. The molecule has 1 aromatic heterocycles. The number of aliphatic carboxylic acids is 1. The highest BCUT2D eigenvalue weighted by atomic mass is 16.5. The molecule has 1 aliphatic carbocycles. The number of carbonyl (C=O) groups excluding carboxylic acids is 1. The topological polar surface area (TPSA) is 102 Å². The summed E-state index contributed by atoms with van der Waals surface area (Å²) in [5.41, 5.74) is 2.62. The number of unbranched alkanes of at least 4 members (excludes halogenated alkanes) is 2. The van der Waals surface area contributed by atoms with Crippen LogP contribution in [0.1, 0.15) is 78.9 Å². The van der Waals surface area contributed by atoms with Gasteiger partial charge in [-0.1, -0.05) is 44.0 Å². The number of nitrogens with zero attached hydrogens (tertiary/aromatic N) is 1. The quantitative estimate of drug-likeness (QED) is 0.467. The molecule has 1 saturated heterocycles. The summed E-state index contributed by atoms with van der Waals surface area (Å²) in [5.74, 6) is 0.922. The van der Waals surface area contributed by atoms with Crippen LogP contribution in [0.15, 0.2) is 34.9 Å². The summed E-state index contributed by atoms with van der Waals surface area (Å²) in [6.45, 7) is 4.27. The molecule has 7 heteroatoms. The average Bonchev–Trinajstić information content (AvgIpc) is 3.33. The SMILES string of the molecule is CCCCCNC(=O)c1coc(C2CC3COCC(C3)C2Cc2ccccc2CCC(=O)O)n1. The summed E-state index contributed by atoms with van der Waals surface area (Å²) in [6, 6.07) is 8.12. The summed E-state index contributed by atoms with van der Waals surface area (Å²) in [6.07, 6.45) is 8.17. The molecular weight excluding hydrogens is 432 g/mol. The second kappa shape index (κ2) is 11.6. The van der Waals surface area contributed by atoms with Crippen LogP contribution in [0, 0.1) is 17.8 Å². The number of ether oxygens (including phenoxy) is 1. The van der Waals surface area contributed by atoms with Crippen molar-refractivity contribution in [2.75, 3.05) is 19.8 Å². The molecule has 1 aliphatic heterocycles. The molecule has 4 atom stereocenters. The van der Waals surface area contributed by atoms with Crippen molar-refractivity contribution < 1.29 is 23.8 Å². The lowest BCUT2D eigenvalue weighted by Gasteiger charge is -2.44. The predicted octanol–water partition coefficient (Wildman–Crippen LogP) is 4.61. The standard InChI is InChI=1S/C27H36N2O5/c1-2-3-6-11-28-26(32)24-17-34-27(29-24)23-13-18-12-21(16-33-15-18)22(23)14-20-8-5-4-7-19(20)9-10-25(30)31/h4-5,7-8,17-18,21-23H,2-3,6,9-16H2,1H3,(H,28,32)(H,30,31). The number of nitrogens with one attached hydrogen (secondary N) is 1. The van der Waals surface area contributed by atoms with E-state index in [9.17, 15) is 9.59 Å². The molecule has 1 amide bonds. The fourth-order valence-electron chi connectivity index (χ4n) is 5.59. The van der Waals surface area contributed by atoms with Crippen molar-refractivity contribution in [3.8, 4) is 0 Å². The average molecular weight is 469 g/mol. The number of fused-ring (bicyclic) bond motifs is 2. The predicted molar refractivity (Wildman–Crippen MR) is 128 cm³/mol. The molecule has 2 bridgehead atoms. The van der Waals surface area contributed by atoms with Gasteiger partial charge in [0, 0.05) is 32.1 Å². The molecule has 2 aromatic rings. The molecule has 7 nitrogen and oxygen atoms in total. The van der Waals surface area contributed by atoms with Crippen molar-refractivity contribution in [2.45, 2.75) is 64.2 Å². The summed E-state index contributed by atoms with van der Waals surface area (Å²) in [5, 5.41) is 12.1. The van der Waals surface area contributed by atoms with Crippen molar-refractivity contribution in [1.82, 2.24) is 10.3 Å². The third-order valence-corrected chi connectivity index (χ3v) is 7.35. The van der Waals surface area contributed by atoms with Crippen LogP contribution in [0.5, 0.6) is 0 Å². The third kappa shape index (κ3) is 6.06. The Bertz CT molecular complexity index is 971. The fourth-order valence-corrected chi connectivity index (χ4v) is 5.59. The largest absolute Gasteiger partial charge is 0.481 e. The maximum absolute atomic E-state index is 12.5. The molecule has 2 N–H and O–H groups in total. The van der Waals surface area contributed by atoms with Crippen molar-refractivity contribution in [2.24, 2.45) is 17.8 Å². The van der Waals surface area contributed by atoms with Gasteiger partial charge >= 0.3 is 5.97 Å². The zero-order valence-corrected chi connectivity index (χ0v) is 20.0. The van der Waals surface area contributed by atoms with Gasteiger partial charge in [-0.3, -0.25) is 9.59 Å². The number of carboxylic acid groups (broad SMARTS) is 1. The van der Waals surface area contributed by atoms with Crippen molar-refractivity contribution in [3.05, 3.63) is 53.2 Å². The molecule has 184 valence electrons. The van der Waals surface area contributed by atoms with E-state index >= 15 is 0 Å². The molecule has 1 saturated carbocycles. The van der Waals surface area contributed by atoms with E-state index in [0.29, 0.717) is 36.4 Å². The van der Waals surface area contributed by atoms with Gasteiger partial charge < -0.3 is 19.6 Å². The maximum atomic E-state index is 12.5. The van der Waals surface area contributed by atoms with Gasteiger partial charge in [-0.05, 0) is 61.0 Å². The monoisotopic (exact) mass is 468 g/mol. The highest BCUT2D eigenvalue weighted by Crippen LogP contribution is 2.47. The summed E-state index contributed by atoms with van der Waals surface area (Å²) in [7, 11) is 0. The third-order valence-electron chi connectivity index (χ3n) is 7.35. The molecule has 2 aliphatic rings. The Balaban J connectivity index is 1.52. The van der Waals surface area contributed by atoms with Crippen LogP contribution < -0.4 is 5.32 Å². The molecule has 4 unspecified atom stereocenters. The number of benzene rings is 1. The Hall–Kier alpha value is -2.67. The van der Waals surface area contributed by atoms with Gasteiger partial charge in [-0.25, -0.2) is 4.98 Å². The van der Waals surface area contributed by atoms with Gasteiger partial charge in [0.1, 0.15) is 6.26 Å². The van der Waals surface area contributed by atoms with Gasteiger partial charge in [-0.15, -0.1) is 0 Å². The number of hydrogen-bond donors (Lipinski definition) is 2. The zero-order valence-electron chi connectivity index (χ0n) is 20.0. The molecule has 4 rings (SSSR count). The number of carboxylic acids is 1. The second-order valence-electron chi connectivity index (χ2n) is 9.81. The Morgan fingerprint density at radius 2 is 1.97 bits per heavy atom. The van der Waals surface area contributed by atoms with E-state index in [-0.39, 0.29) is 24.2 Å². The molecule has 2 heterocycles. The Kier molecular flexibility index (Phi) is 8.38. The number of amides is 1. The number of oxazole rings is 1. The number of rotatable bonds is 11. The smallest absolute Gasteiger partial charge is 0.303 e. The second-order valence-corrected chi connectivity index (χ2v) is 9.81. The van der Waals surface area contributed by atoms with E-state index in [2.05, 4.69) is 23.3 Å². The number of hydrogen-bond acceptors (Lipinski definition) is 5. The molecule has 1 aromatic carbocycles. The molecule has 2 fully saturated rings. The van der Waals surface area contributed by atoms with Crippen LogP contribution >= 0.6 is 0 Å². The Labute approximate surface area is 201 Å². The Morgan fingerprint density at radius 3 is 2.76 bits per heavy atom. The highest BCUT2D eigenvalue weighted by molar-refractivity contribution is 5.91. The van der Waals surface area contributed by atoms with E-state index in [1.54, 1.807) is 0 Å². The number of aryl methyl sites for hydroxylation is 1. The first-order valence-electron chi connectivity index (χ1n) is 12.6. The van der Waals surface area contributed by atoms with Crippen molar-refractivity contribution in [3.63, 3.8) is 0 Å². The van der Waals surface area contributed by atoms with Gasteiger partial charge in [0.15, 0.2) is 11.6 Å². The van der Waals surface area contributed by atoms with Gasteiger partial charge in [0.05, 0.1) is 0 Å². The van der Waals surface area contributed by atoms with E-state index in [1.165, 1.54) is 11.8 Å². The lowest BCUT2D eigenvalue weighted by atomic mass is 9.65. The Morgan fingerprint density at radius 1 is 1.15 bits per heavy atom. The molecular formula is C27H36N2O5. The van der Waals surface area contributed by atoms with Crippen molar-refractivity contribution in [1.29, 1.82) is 0 Å². The summed E-state index contributed by atoms with van der Waals surface area (Å²) < 4.78 is 11.8. The van der Waals surface area contributed by atoms with Crippen LogP contribution in [0.2, 0.25) is 0 Å². The maximum Gasteiger partial charge on any atom is 0.303 e. The number of carbonyl (C=O) groups is 2. The minimum absolute atomic E-state index is 0.113. The van der Waals surface area contributed by atoms with Crippen LogP contribution in [0.4, 0.5) is 0 Å². The van der Waals surface area contributed by atoms with E-state index in [1.807, 2.05) is 18.2 Å². The molecule has 0 radical (unpaired) electrons. The van der Waals surface area contributed by atoms with Gasteiger partial charge in [0.2, 0.25) is 0 Å². The molecule has 34 heavy (non-hydrogen) atoms. The van der Waals surface area contributed by atoms with Crippen molar-refractivity contribution >= 4 is 11.9 Å². The lowest BCUT2D eigenvalue weighted by Crippen LogP contribution is -2.41. The van der Waals surface area contributed by atoms with Crippen LogP contribution in [0.25, 0.3) is 0 Å². The minimum atomic E-state index is -0.783. The number of aromatic nitrogens is 1. The fraction of sp³-hybridized carbons (Fsp3) is 0.593. The van der Waals surface area contributed by atoms with Crippen LogP contribution in [-0.2, 0) is 22.4 Å². The summed E-state index contributed by atoms with van der Waals surface area (Å²) in [4.78, 5) is 28.3. The summed E-state index contributed by atoms with van der Waals surface area (Å²) >= 11 is 0. The first kappa shape index (κ1) is 24.5. The minimum Gasteiger partial charge on any atom is -0.481 e. The lowest BCUT2D eigenvalue weighted by molar-refractivity contribution is -0.136. The first-order chi connectivity index (χ1) is 16.5. The van der Waals surface area contributed by atoms with Crippen LogP contribution in [-0.4, -0.2) is 41.7 Å². The van der Waals surface area contributed by atoms with E-state index in [4.69, 9.17) is 14.3 Å². The van der Waals surface area contributed by atoms with E-state index in [0.717, 1.165) is 57.3 Å².